The van der Waals surface area contributed by atoms with Crippen LogP contribution >= 0.6 is 11.6 Å². The van der Waals surface area contributed by atoms with Gasteiger partial charge in [-0.2, -0.15) is 0 Å². The molecule has 0 fully saturated rings. The second-order valence-corrected chi connectivity index (χ2v) is 7.10. The minimum Gasteiger partial charge on any atom is -0.322 e. The molecule has 0 spiro atoms. The molecular formula is C25H18ClN3O2. The van der Waals surface area contributed by atoms with Gasteiger partial charge in [0.1, 0.15) is 10.7 Å². The maximum absolute atomic E-state index is 13.2. The normalized spacial score (nSPS) is 11.2. The van der Waals surface area contributed by atoms with Crippen LogP contribution in [0.15, 0.2) is 96.7 Å². The quantitative estimate of drug-likeness (QED) is 0.190. The summed E-state index contributed by atoms with van der Waals surface area (Å²) < 4.78 is 0. The maximum atomic E-state index is 13.2. The van der Waals surface area contributed by atoms with Gasteiger partial charge >= 0.3 is 0 Å². The van der Waals surface area contributed by atoms with Gasteiger partial charge in [0.2, 0.25) is 0 Å². The van der Waals surface area contributed by atoms with E-state index in [1.807, 2.05) is 42.5 Å². The molecule has 1 heterocycles. The number of carbonyl (C=O) groups excluding carboxylic acids is 2. The van der Waals surface area contributed by atoms with E-state index in [1.165, 1.54) is 6.08 Å². The Balaban J connectivity index is 1.70. The number of amides is 2. The van der Waals surface area contributed by atoms with E-state index in [9.17, 15) is 9.59 Å². The van der Waals surface area contributed by atoms with E-state index in [0.717, 1.165) is 10.8 Å². The molecule has 31 heavy (non-hydrogen) atoms. The van der Waals surface area contributed by atoms with Crippen molar-refractivity contribution in [3.63, 3.8) is 0 Å². The highest BCUT2D eigenvalue weighted by atomic mass is 35.5. The van der Waals surface area contributed by atoms with Gasteiger partial charge in [-0.15, -0.1) is 0 Å². The van der Waals surface area contributed by atoms with Crippen molar-refractivity contribution in [3.8, 4) is 0 Å². The molecule has 2 amide bonds. The summed E-state index contributed by atoms with van der Waals surface area (Å²) in [6.07, 6.45) is 2.98. The van der Waals surface area contributed by atoms with Gasteiger partial charge in [-0.1, -0.05) is 72.3 Å². The number of hydrogen-bond donors (Lipinski definition) is 2. The second kappa shape index (κ2) is 9.24. The van der Waals surface area contributed by atoms with Gasteiger partial charge in [0.05, 0.1) is 0 Å². The fourth-order valence-corrected chi connectivity index (χ4v) is 3.31. The lowest BCUT2D eigenvalue weighted by Gasteiger charge is -2.12. The van der Waals surface area contributed by atoms with E-state index < -0.39 is 11.8 Å². The third-order valence-electron chi connectivity index (χ3n) is 4.65. The molecule has 6 heteroatoms. The minimum atomic E-state index is -0.552. The van der Waals surface area contributed by atoms with Crippen molar-refractivity contribution in [1.82, 2.24) is 4.98 Å². The molecule has 0 saturated carbocycles. The molecular weight excluding hydrogens is 410 g/mol. The van der Waals surface area contributed by atoms with Crippen LogP contribution in [0.1, 0.15) is 5.56 Å². The maximum Gasteiger partial charge on any atom is 0.261 e. The molecule has 0 bridgehead atoms. The zero-order valence-electron chi connectivity index (χ0n) is 16.4. The smallest absolute Gasteiger partial charge is 0.261 e. The number of nitrogens with one attached hydrogen (secondary N) is 2. The van der Waals surface area contributed by atoms with E-state index in [1.54, 1.807) is 48.7 Å². The Morgan fingerprint density at radius 3 is 2.29 bits per heavy atom. The molecule has 4 rings (SSSR count). The van der Waals surface area contributed by atoms with Crippen molar-refractivity contribution in [2.75, 3.05) is 10.6 Å². The summed E-state index contributed by atoms with van der Waals surface area (Å²) in [5.41, 5.74) is 1.56. The van der Waals surface area contributed by atoms with E-state index >= 15 is 0 Å². The highest BCUT2D eigenvalue weighted by Crippen LogP contribution is 2.24. The van der Waals surface area contributed by atoms with Crippen molar-refractivity contribution in [1.29, 1.82) is 0 Å². The van der Waals surface area contributed by atoms with Crippen LogP contribution < -0.4 is 10.6 Å². The summed E-state index contributed by atoms with van der Waals surface area (Å²) in [5.74, 6) is -1.10. The summed E-state index contributed by atoms with van der Waals surface area (Å²) in [7, 11) is 0. The number of halogens is 1. The number of anilines is 2. The third kappa shape index (κ3) is 4.79. The first kappa shape index (κ1) is 20.3. The Morgan fingerprint density at radius 1 is 0.774 bits per heavy atom. The van der Waals surface area contributed by atoms with Crippen LogP contribution in [-0.4, -0.2) is 16.8 Å². The van der Waals surface area contributed by atoms with Crippen molar-refractivity contribution >= 4 is 51.6 Å². The van der Waals surface area contributed by atoms with Crippen molar-refractivity contribution < 1.29 is 9.59 Å². The molecule has 152 valence electrons. The zero-order chi connectivity index (χ0) is 21.6. The number of benzene rings is 3. The van der Waals surface area contributed by atoms with Crippen molar-refractivity contribution in [3.05, 3.63) is 107 Å². The van der Waals surface area contributed by atoms with Gasteiger partial charge in [0, 0.05) is 28.5 Å². The summed E-state index contributed by atoms with van der Waals surface area (Å²) in [6, 6.07) is 25.6. The summed E-state index contributed by atoms with van der Waals surface area (Å²) in [6.45, 7) is 0. The predicted octanol–water partition coefficient (Wildman–Crippen LogP) is 5.55. The first-order valence-corrected chi connectivity index (χ1v) is 9.97. The molecule has 3 aromatic carbocycles. The van der Waals surface area contributed by atoms with Crippen LogP contribution in [0.5, 0.6) is 0 Å². The molecule has 4 aromatic rings. The Bertz CT molecular complexity index is 1280. The fraction of sp³-hybridized carbons (Fsp3) is 0. The summed E-state index contributed by atoms with van der Waals surface area (Å²) >= 11 is 6.16. The molecule has 0 aliphatic carbocycles. The largest absolute Gasteiger partial charge is 0.322 e. The number of nitrogens with zero attached hydrogens (tertiary/aromatic N) is 1. The van der Waals surface area contributed by atoms with Gasteiger partial charge in [-0.3, -0.25) is 9.59 Å². The van der Waals surface area contributed by atoms with E-state index in [-0.39, 0.29) is 10.7 Å². The summed E-state index contributed by atoms with van der Waals surface area (Å²) in [4.78, 5) is 30.2. The number of hydrogen-bond acceptors (Lipinski definition) is 3. The predicted molar refractivity (Wildman–Crippen MR) is 125 cm³/mol. The van der Waals surface area contributed by atoms with E-state index in [0.29, 0.717) is 16.9 Å². The zero-order valence-corrected chi connectivity index (χ0v) is 17.1. The summed E-state index contributed by atoms with van der Waals surface area (Å²) in [5, 5.41) is 7.67. The Kier molecular flexibility index (Phi) is 6.05. The molecule has 0 radical (unpaired) electrons. The lowest BCUT2D eigenvalue weighted by molar-refractivity contribution is -0.118. The topological polar surface area (TPSA) is 71.1 Å². The number of carbonyl (C=O) groups is 2. The van der Waals surface area contributed by atoms with Gasteiger partial charge in [0.15, 0.2) is 0 Å². The molecule has 0 saturated heterocycles. The highest BCUT2D eigenvalue weighted by molar-refractivity contribution is 6.33. The number of para-hydroxylation sites is 1. The molecule has 0 aliphatic rings. The first-order chi connectivity index (χ1) is 15.1. The van der Waals surface area contributed by atoms with Gasteiger partial charge in [0.25, 0.3) is 11.8 Å². The van der Waals surface area contributed by atoms with Crippen LogP contribution in [0.2, 0.25) is 5.15 Å². The first-order valence-electron chi connectivity index (χ1n) is 9.59. The second-order valence-electron chi connectivity index (χ2n) is 6.74. The van der Waals surface area contributed by atoms with Crippen LogP contribution in [0, 0.1) is 0 Å². The average molecular weight is 428 g/mol. The van der Waals surface area contributed by atoms with Gasteiger partial charge < -0.3 is 10.6 Å². The Labute approximate surface area is 184 Å². The SMILES string of the molecule is O=C(Nc1ccccc1)C(=Cc1cccnc1Cl)C(=O)Nc1cccc2ccccc12. The number of fused-ring (bicyclic) bond motifs is 1. The minimum absolute atomic E-state index is 0.0910. The van der Waals surface area contributed by atoms with E-state index in [2.05, 4.69) is 15.6 Å². The van der Waals surface area contributed by atoms with Gasteiger partial charge in [-0.05, 0) is 35.7 Å². The van der Waals surface area contributed by atoms with E-state index in [4.69, 9.17) is 11.6 Å². The molecule has 0 unspecified atom stereocenters. The monoisotopic (exact) mass is 427 g/mol. The fourth-order valence-electron chi connectivity index (χ4n) is 3.14. The molecule has 2 N–H and O–H groups in total. The molecule has 0 atom stereocenters. The number of aromatic nitrogens is 1. The van der Waals surface area contributed by atoms with Crippen molar-refractivity contribution in [2.24, 2.45) is 0 Å². The third-order valence-corrected chi connectivity index (χ3v) is 4.96. The number of pyridine rings is 1. The van der Waals surface area contributed by atoms with Crippen molar-refractivity contribution in [2.45, 2.75) is 0 Å². The average Bonchev–Trinajstić information content (AvgIpc) is 2.79. The molecule has 1 aromatic heterocycles. The standard InChI is InChI=1S/C25H18ClN3O2/c26-23-18(10-7-15-27-23)16-21(24(30)28-19-11-2-1-3-12-19)25(31)29-22-14-6-9-17-8-4-5-13-20(17)22/h1-16H,(H,28,30)(H,29,31). The highest BCUT2D eigenvalue weighted by Gasteiger charge is 2.20. The van der Waals surface area contributed by atoms with Gasteiger partial charge in [-0.25, -0.2) is 4.98 Å². The lowest BCUT2D eigenvalue weighted by Crippen LogP contribution is -2.25. The molecule has 0 aliphatic heterocycles. The Morgan fingerprint density at radius 2 is 1.48 bits per heavy atom. The Hall–Kier alpha value is -3.96. The number of rotatable bonds is 5. The van der Waals surface area contributed by atoms with Crippen LogP contribution in [0.4, 0.5) is 11.4 Å². The van der Waals surface area contributed by atoms with Crippen LogP contribution in [0.25, 0.3) is 16.8 Å². The lowest BCUT2D eigenvalue weighted by atomic mass is 10.1. The van der Waals surface area contributed by atoms with Crippen LogP contribution in [0.3, 0.4) is 0 Å². The van der Waals surface area contributed by atoms with Crippen LogP contribution in [-0.2, 0) is 9.59 Å². The molecule has 5 nitrogen and oxygen atoms in total.